The lowest BCUT2D eigenvalue weighted by molar-refractivity contribution is 0.0565. The second-order valence-electron chi connectivity index (χ2n) is 6.54. The fourth-order valence-corrected chi connectivity index (χ4v) is 4.05. The molecule has 1 aromatic heterocycles. The van der Waals surface area contributed by atoms with Crippen LogP contribution >= 0.6 is 0 Å². The molecule has 3 rings (SSSR count). The summed E-state index contributed by atoms with van der Waals surface area (Å²) < 4.78 is 0. The van der Waals surface area contributed by atoms with E-state index < -0.39 is 0 Å². The van der Waals surface area contributed by atoms with Crippen LogP contribution in [0.3, 0.4) is 0 Å². The highest BCUT2D eigenvalue weighted by atomic mass is 16.3. The molecule has 21 heavy (non-hydrogen) atoms. The average Bonchev–Trinajstić information content (AvgIpc) is 2.96. The Morgan fingerprint density at radius 3 is 2.76 bits per heavy atom. The highest BCUT2D eigenvalue weighted by Crippen LogP contribution is 2.36. The van der Waals surface area contributed by atoms with Gasteiger partial charge in [0, 0.05) is 30.3 Å². The van der Waals surface area contributed by atoms with Gasteiger partial charge in [0.15, 0.2) is 0 Å². The van der Waals surface area contributed by atoms with Crippen molar-refractivity contribution in [3.63, 3.8) is 0 Å². The molecule has 2 heterocycles. The van der Waals surface area contributed by atoms with Crippen molar-refractivity contribution in [1.29, 1.82) is 0 Å². The maximum Gasteiger partial charge on any atom is 0.132 e. The van der Waals surface area contributed by atoms with Gasteiger partial charge >= 0.3 is 0 Å². The molecule has 4 heteroatoms. The highest BCUT2D eigenvalue weighted by Gasteiger charge is 2.37. The summed E-state index contributed by atoms with van der Waals surface area (Å²) in [5, 5.41) is 10.4. The van der Waals surface area contributed by atoms with Crippen LogP contribution in [0.15, 0.2) is 6.07 Å². The van der Waals surface area contributed by atoms with Gasteiger partial charge in [0.1, 0.15) is 11.6 Å². The van der Waals surface area contributed by atoms with Gasteiger partial charge in [-0.3, -0.25) is 0 Å². The zero-order valence-electron chi connectivity index (χ0n) is 13.3. The van der Waals surface area contributed by atoms with Crippen molar-refractivity contribution in [2.24, 2.45) is 5.92 Å². The van der Waals surface area contributed by atoms with E-state index in [9.17, 15) is 5.11 Å². The molecule has 1 saturated carbocycles. The van der Waals surface area contributed by atoms with Gasteiger partial charge < -0.3 is 10.0 Å². The molecule has 0 amide bonds. The number of aryl methyl sites for hydroxylation is 2. The monoisotopic (exact) mass is 289 g/mol. The van der Waals surface area contributed by atoms with Crippen LogP contribution in [0.5, 0.6) is 0 Å². The number of rotatable bonds is 3. The lowest BCUT2D eigenvalue weighted by Crippen LogP contribution is -2.43. The number of aromatic nitrogens is 2. The summed E-state index contributed by atoms with van der Waals surface area (Å²) in [5.41, 5.74) is 1.12. The standard InChI is InChI=1S/C17H27N3O/c1-3-13-11-17(19-12(2)18-13)20-10-6-8-15(20)14-7-4-5-9-16(14)21/h11,14-16,21H,3-10H2,1-2H3. The minimum Gasteiger partial charge on any atom is -0.393 e. The van der Waals surface area contributed by atoms with E-state index in [1.165, 1.54) is 25.7 Å². The zero-order chi connectivity index (χ0) is 14.8. The molecule has 0 radical (unpaired) electrons. The predicted octanol–water partition coefficient (Wildman–Crippen LogP) is 2.87. The molecule has 4 nitrogen and oxygen atoms in total. The predicted molar refractivity (Wildman–Crippen MR) is 84.5 cm³/mol. The molecule has 2 aliphatic rings. The summed E-state index contributed by atoms with van der Waals surface area (Å²) in [7, 11) is 0. The molecule has 1 saturated heterocycles. The first-order valence-corrected chi connectivity index (χ1v) is 8.48. The Bertz CT molecular complexity index is 491. The molecular formula is C17H27N3O. The van der Waals surface area contributed by atoms with E-state index in [4.69, 9.17) is 0 Å². The summed E-state index contributed by atoms with van der Waals surface area (Å²) in [6, 6.07) is 2.60. The Kier molecular flexibility index (Phi) is 4.43. The molecular weight excluding hydrogens is 262 g/mol. The average molecular weight is 289 g/mol. The molecule has 3 unspecified atom stereocenters. The Labute approximate surface area is 127 Å². The summed E-state index contributed by atoms with van der Waals surface area (Å²) in [4.78, 5) is 11.6. The van der Waals surface area contributed by atoms with Gasteiger partial charge in [0.05, 0.1) is 6.10 Å². The Balaban J connectivity index is 1.84. The van der Waals surface area contributed by atoms with Crippen molar-refractivity contribution in [2.45, 2.75) is 70.9 Å². The lowest BCUT2D eigenvalue weighted by atomic mass is 9.80. The van der Waals surface area contributed by atoms with Gasteiger partial charge in [-0.25, -0.2) is 9.97 Å². The van der Waals surface area contributed by atoms with Crippen LogP contribution in [0.1, 0.15) is 57.0 Å². The first kappa shape index (κ1) is 14.8. The maximum absolute atomic E-state index is 10.4. The van der Waals surface area contributed by atoms with Gasteiger partial charge in [-0.05, 0) is 39.0 Å². The van der Waals surface area contributed by atoms with E-state index in [1.807, 2.05) is 6.92 Å². The first-order chi connectivity index (χ1) is 10.2. The minimum atomic E-state index is -0.127. The largest absolute Gasteiger partial charge is 0.393 e. The lowest BCUT2D eigenvalue weighted by Gasteiger charge is -2.37. The molecule has 1 aliphatic heterocycles. The topological polar surface area (TPSA) is 49.2 Å². The second-order valence-corrected chi connectivity index (χ2v) is 6.54. The van der Waals surface area contributed by atoms with Crippen LogP contribution in [0.2, 0.25) is 0 Å². The number of aliphatic hydroxyl groups excluding tert-OH is 1. The minimum absolute atomic E-state index is 0.127. The van der Waals surface area contributed by atoms with Crippen molar-refractivity contribution < 1.29 is 5.11 Å². The van der Waals surface area contributed by atoms with E-state index >= 15 is 0 Å². The van der Waals surface area contributed by atoms with Gasteiger partial charge in [0.25, 0.3) is 0 Å². The maximum atomic E-state index is 10.4. The summed E-state index contributed by atoms with van der Waals surface area (Å²) in [6.45, 7) is 5.18. The van der Waals surface area contributed by atoms with E-state index in [2.05, 4.69) is 27.9 Å². The third kappa shape index (κ3) is 3.05. The summed E-state index contributed by atoms with van der Waals surface area (Å²) >= 11 is 0. The van der Waals surface area contributed by atoms with Crippen molar-refractivity contribution in [3.8, 4) is 0 Å². The first-order valence-electron chi connectivity index (χ1n) is 8.48. The van der Waals surface area contributed by atoms with Crippen molar-refractivity contribution in [1.82, 2.24) is 9.97 Å². The normalized spacial score (nSPS) is 29.9. The molecule has 0 spiro atoms. The Morgan fingerprint density at radius 2 is 2.00 bits per heavy atom. The molecule has 1 aromatic rings. The van der Waals surface area contributed by atoms with Crippen molar-refractivity contribution in [3.05, 3.63) is 17.6 Å². The zero-order valence-corrected chi connectivity index (χ0v) is 13.3. The molecule has 1 N–H and O–H groups in total. The van der Waals surface area contributed by atoms with E-state index in [-0.39, 0.29) is 6.10 Å². The molecule has 3 atom stereocenters. The van der Waals surface area contributed by atoms with E-state index in [0.717, 1.165) is 43.1 Å². The van der Waals surface area contributed by atoms with Gasteiger partial charge in [0.2, 0.25) is 0 Å². The number of hydrogen-bond donors (Lipinski definition) is 1. The third-order valence-corrected chi connectivity index (χ3v) is 5.11. The molecule has 2 fully saturated rings. The fraction of sp³-hybridized carbons (Fsp3) is 0.765. The van der Waals surface area contributed by atoms with Crippen LogP contribution in [-0.4, -0.2) is 33.8 Å². The molecule has 0 bridgehead atoms. The molecule has 0 aromatic carbocycles. The van der Waals surface area contributed by atoms with E-state index in [1.54, 1.807) is 0 Å². The van der Waals surface area contributed by atoms with Crippen LogP contribution in [0.4, 0.5) is 5.82 Å². The van der Waals surface area contributed by atoms with Crippen LogP contribution in [0, 0.1) is 12.8 Å². The second kappa shape index (κ2) is 6.30. The molecule has 116 valence electrons. The van der Waals surface area contributed by atoms with Gasteiger partial charge in [-0.15, -0.1) is 0 Å². The number of nitrogens with zero attached hydrogens (tertiary/aromatic N) is 3. The van der Waals surface area contributed by atoms with Crippen LogP contribution in [-0.2, 0) is 6.42 Å². The fourth-order valence-electron chi connectivity index (χ4n) is 4.05. The summed E-state index contributed by atoms with van der Waals surface area (Å²) in [6.07, 6.45) is 7.78. The molecule has 1 aliphatic carbocycles. The Hall–Kier alpha value is -1.16. The van der Waals surface area contributed by atoms with Crippen LogP contribution < -0.4 is 4.90 Å². The quantitative estimate of drug-likeness (QED) is 0.929. The Morgan fingerprint density at radius 1 is 1.19 bits per heavy atom. The highest BCUT2D eigenvalue weighted by molar-refractivity contribution is 5.43. The van der Waals surface area contributed by atoms with Crippen LogP contribution in [0.25, 0.3) is 0 Å². The van der Waals surface area contributed by atoms with Crippen molar-refractivity contribution >= 4 is 5.82 Å². The SMILES string of the molecule is CCc1cc(N2CCCC2C2CCCCC2O)nc(C)n1. The van der Waals surface area contributed by atoms with Gasteiger partial charge in [-0.2, -0.15) is 0 Å². The van der Waals surface area contributed by atoms with Crippen molar-refractivity contribution in [2.75, 3.05) is 11.4 Å². The summed E-state index contributed by atoms with van der Waals surface area (Å²) in [5.74, 6) is 2.35. The number of anilines is 1. The van der Waals surface area contributed by atoms with E-state index in [0.29, 0.717) is 12.0 Å². The third-order valence-electron chi connectivity index (χ3n) is 5.11. The number of hydrogen-bond acceptors (Lipinski definition) is 4. The van der Waals surface area contributed by atoms with Gasteiger partial charge in [-0.1, -0.05) is 19.8 Å². The smallest absolute Gasteiger partial charge is 0.132 e. The number of aliphatic hydroxyl groups is 1.